The van der Waals surface area contributed by atoms with Crippen LogP contribution >= 0.6 is 0 Å². The minimum absolute atomic E-state index is 0.0122. The highest BCUT2D eigenvalue weighted by atomic mass is 19.1. The van der Waals surface area contributed by atoms with Gasteiger partial charge in [0.05, 0.1) is 5.69 Å². The zero-order chi connectivity index (χ0) is 19.9. The summed E-state index contributed by atoms with van der Waals surface area (Å²) in [4.78, 5) is 25.5. The lowest BCUT2D eigenvalue weighted by atomic mass is 10.0. The number of nitrogens with one attached hydrogen (secondary N) is 1. The van der Waals surface area contributed by atoms with Crippen molar-refractivity contribution >= 4 is 17.4 Å². The van der Waals surface area contributed by atoms with Crippen LogP contribution in [0, 0.1) is 5.82 Å². The molecule has 1 atom stereocenters. The Hall–Kier alpha value is -3.47. The second-order valence-corrected chi connectivity index (χ2v) is 6.18. The lowest BCUT2D eigenvalue weighted by molar-refractivity contribution is -0.122. The summed E-state index contributed by atoms with van der Waals surface area (Å²) < 4.78 is 19.4. The van der Waals surface area contributed by atoms with E-state index >= 15 is 0 Å². The molecule has 0 aliphatic carbocycles. The maximum atomic E-state index is 13.8. The van der Waals surface area contributed by atoms with E-state index in [2.05, 4.69) is 5.32 Å². The van der Waals surface area contributed by atoms with E-state index in [0.717, 1.165) is 0 Å². The molecule has 28 heavy (non-hydrogen) atoms. The van der Waals surface area contributed by atoms with Crippen LogP contribution in [0.2, 0.25) is 0 Å². The zero-order valence-electron chi connectivity index (χ0n) is 15.4. The van der Waals surface area contributed by atoms with Gasteiger partial charge < -0.3 is 10.1 Å². The predicted molar refractivity (Wildman–Crippen MR) is 106 cm³/mol. The standard InChI is InChI=1S/C23H20FNO3/c1-2-20(28-21-15-9-7-13-18(21)24)23(27)25-19-14-8-6-12-17(19)22(26)16-10-4-3-5-11-16/h3-15,20H,2H2,1H3,(H,25,27). The fraction of sp³-hybridized carbons (Fsp3) is 0.130. The molecule has 4 nitrogen and oxygen atoms in total. The van der Waals surface area contributed by atoms with Gasteiger partial charge in [0.25, 0.3) is 5.91 Å². The van der Waals surface area contributed by atoms with E-state index in [9.17, 15) is 14.0 Å². The fourth-order valence-electron chi connectivity index (χ4n) is 2.76. The zero-order valence-corrected chi connectivity index (χ0v) is 15.4. The Morgan fingerprint density at radius 3 is 2.29 bits per heavy atom. The SMILES string of the molecule is CCC(Oc1ccccc1F)C(=O)Nc1ccccc1C(=O)c1ccccc1. The Morgan fingerprint density at radius 1 is 0.929 bits per heavy atom. The number of carbonyl (C=O) groups is 2. The Labute approximate surface area is 163 Å². The molecule has 0 aliphatic heterocycles. The summed E-state index contributed by atoms with van der Waals surface area (Å²) >= 11 is 0. The number of benzene rings is 3. The average Bonchev–Trinajstić information content (AvgIpc) is 2.73. The molecule has 0 saturated carbocycles. The summed E-state index contributed by atoms with van der Waals surface area (Å²) in [6, 6.07) is 21.5. The van der Waals surface area contributed by atoms with Gasteiger partial charge in [-0.25, -0.2) is 4.39 Å². The fourth-order valence-corrected chi connectivity index (χ4v) is 2.76. The van der Waals surface area contributed by atoms with Gasteiger partial charge in [0.2, 0.25) is 0 Å². The van der Waals surface area contributed by atoms with E-state index in [-0.39, 0.29) is 11.5 Å². The quantitative estimate of drug-likeness (QED) is 0.599. The molecule has 0 aromatic heterocycles. The second-order valence-electron chi connectivity index (χ2n) is 6.18. The molecule has 142 valence electrons. The van der Waals surface area contributed by atoms with E-state index < -0.39 is 17.8 Å². The minimum Gasteiger partial charge on any atom is -0.478 e. The van der Waals surface area contributed by atoms with Crippen molar-refractivity contribution in [1.29, 1.82) is 0 Å². The molecule has 0 saturated heterocycles. The summed E-state index contributed by atoms with van der Waals surface area (Å²) in [5.41, 5.74) is 1.29. The highest BCUT2D eigenvalue weighted by molar-refractivity contribution is 6.14. The number of carbonyl (C=O) groups excluding carboxylic acids is 2. The molecule has 0 heterocycles. The Bertz CT molecular complexity index is 972. The van der Waals surface area contributed by atoms with Crippen molar-refractivity contribution < 1.29 is 18.7 Å². The third kappa shape index (κ3) is 4.43. The number of halogens is 1. The third-order valence-corrected chi connectivity index (χ3v) is 4.23. The summed E-state index contributed by atoms with van der Waals surface area (Å²) in [5, 5.41) is 2.74. The first-order valence-electron chi connectivity index (χ1n) is 9.01. The molecule has 1 unspecified atom stereocenters. The largest absolute Gasteiger partial charge is 0.478 e. The molecule has 0 fully saturated rings. The normalized spacial score (nSPS) is 11.5. The van der Waals surface area contributed by atoms with E-state index in [1.54, 1.807) is 67.6 Å². The van der Waals surface area contributed by atoms with Crippen LogP contribution in [0.15, 0.2) is 78.9 Å². The highest BCUT2D eigenvalue weighted by Crippen LogP contribution is 2.22. The molecule has 3 rings (SSSR count). The van der Waals surface area contributed by atoms with Crippen molar-refractivity contribution in [2.24, 2.45) is 0 Å². The van der Waals surface area contributed by atoms with Crippen molar-refractivity contribution in [2.45, 2.75) is 19.4 Å². The van der Waals surface area contributed by atoms with Crippen molar-refractivity contribution in [1.82, 2.24) is 0 Å². The summed E-state index contributed by atoms with van der Waals surface area (Å²) in [7, 11) is 0. The molecule has 3 aromatic rings. The second kappa shape index (κ2) is 8.95. The molecule has 3 aromatic carbocycles. The van der Waals surface area contributed by atoms with Gasteiger partial charge in [0.1, 0.15) is 0 Å². The van der Waals surface area contributed by atoms with Crippen LogP contribution in [0.5, 0.6) is 5.75 Å². The van der Waals surface area contributed by atoms with Gasteiger partial charge >= 0.3 is 0 Å². The Kier molecular flexibility index (Phi) is 6.17. The van der Waals surface area contributed by atoms with Crippen LogP contribution in [0.25, 0.3) is 0 Å². The van der Waals surface area contributed by atoms with Gasteiger partial charge in [0, 0.05) is 11.1 Å². The summed E-state index contributed by atoms with van der Waals surface area (Å²) in [6.45, 7) is 1.77. The van der Waals surface area contributed by atoms with Crippen molar-refractivity contribution in [3.05, 3.63) is 95.8 Å². The van der Waals surface area contributed by atoms with Crippen LogP contribution in [0.3, 0.4) is 0 Å². The first-order chi connectivity index (χ1) is 13.6. The van der Waals surface area contributed by atoms with Gasteiger partial charge in [-0.1, -0.05) is 61.5 Å². The van der Waals surface area contributed by atoms with Crippen molar-refractivity contribution in [3.8, 4) is 5.75 Å². The van der Waals surface area contributed by atoms with Crippen LogP contribution in [0.1, 0.15) is 29.3 Å². The van der Waals surface area contributed by atoms with Gasteiger partial charge in [0.15, 0.2) is 23.5 Å². The molecule has 0 aliphatic rings. The number of hydrogen-bond donors (Lipinski definition) is 1. The number of rotatable bonds is 7. The van der Waals surface area contributed by atoms with Crippen LogP contribution in [0.4, 0.5) is 10.1 Å². The number of anilines is 1. The van der Waals surface area contributed by atoms with E-state index in [1.807, 2.05) is 6.07 Å². The van der Waals surface area contributed by atoms with Crippen molar-refractivity contribution in [2.75, 3.05) is 5.32 Å². The lowest BCUT2D eigenvalue weighted by Crippen LogP contribution is -2.33. The molecule has 0 radical (unpaired) electrons. The smallest absolute Gasteiger partial charge is 0.265 e. The molecular formula is C23H20FNO3. The molecule has 0 spiro atoms. The van der Waals surface area contributed by atoms with E-state index in [4.69, 9.17) is 4.74 Å². The third-order valence-electron chi connectivity index (χ3n) is 4.23. The molecule has 1 N–H and O–H groups in total. The molecule has 1 amide bonds. The average molecular weight is 377 g/mol. The number of hydrogen-bond acceptors (Lipinski definition) is 3. The number of amides is 1. The maximum Gasteiger partial charge on any atom is 0.265 e. The van der Waals surface area contributed by atoms with Crippen molar-refractivity contribution in [3.63, 3.8) is 0 Å². The number of para-hydroxylation sites is 2. The van der Waals surface area contributed by atoms with Crippen LogP contribution in [-0.2, 0) is 4.79 Å². The van der Waals surface area contributed by atoms with Gasteiger partial charge in [-0.2, -0.15) is 0 Å². The maximum absolute atomic E-state index is 13.8. The number of ether oxygens (including phenoxy) is 1. The Balaban J connectivity index is 1.80. The molecule has 0 bridgehead atoms. The topological polar surface area (TPSA) is 55.4 Å². The monoisotopic (exact) mass is 377 g/mol. The van der Waals surface area contributed by atoms with E-state index in [1.165, 1.54) is 12.1 Å². The van der Waals surface area contributed by atoms with Crippen LogP contribution < -0.4 is 10.1 Å². The van der Waals surface area contributed by atoms with Gasteiger partial charge in [-0.3, -0.25) is 9.59 Å². The highest BCUT2D eigenvalue weighted by Gasteiger charge is 2.22. The lowest BCUT2D eigenvalue weighted by Gasteiger charge is -2.18. The Morgan fingerprint density at radius 2 is 1.57 bits per heavy atom. The predicted octanol–water partition coefficient (Wildman–Crippen LogP) is 4.85. The first-order valence-corrected chi connectivity index (χ1v) is 9.01. The van der Waals surface area contributed by atoms with Gasteiger partial charge in [-0.05, 0) is 30.7 Å². The van der Waals surface area contributed by atoms with E-state index in [0.29, 0.717) is 23.2 Å². The molecular weight excluding hydrogens is 357 g/mol. The summed E-state index contributed by atoms with van der Waals surface area (Å²) in [6.07, 6.45) is -0.550. The number of ketones is 1. The van der Waals surface area contributed by atoms with Crippen LogP contribution in [-0.4, -0.2) is 17.8 Å². The van der Waals surface area contributed by atoms with Gasteiger partial charge in [-0.15, -0.1) is 0 Å². The first kappa shape index (κ1) is 19.3. The summed E-state index contributed by atoms with van der Waals surface area (Å²) in [5.74, 6) is -1.16. The molecule has 5 heteroatoms. The minimum atomic E-state index is -0.892.